The normalized spacial score (nSPS) is 10.2. The topological polar surface area (TPSA) is 54.0 Å². The average Bonchev–Trinajstić information content (AvgIpc) is 2.47. The summed E-state index contributed by atoms with van der Waals surface area (Å²) in [6.07, 6.45) is 3.95. The Morgan fingerprint density at radius 2 is 2.10 bits per heavy atom. The Labute approximate surface area is 123 Å². The molecule has 1 aromatic heterocycles. The zero-order valence-corrected chi connectivity index (χ0v) is 11.9. The lowest BCUT2D eigenvalue weighted by Gasteiger charge is -2.08. The van der Waals surface area contributed by atoms with Crippen molar-refractivity contribution in [2.24, 2.45) is 0 Å². The van der Waals surface area contributed by atoms with Crippen LogP contribution in [0.1, 0.15) is 26.2 Å². The molecule has 110 valence electrons. The summed E-state index contributed by atoms with van der Waals surface area (Å²) >= 11 is 0. The third-order valence-electron chi connectivity index (χ3n) is 2.90. The Balaban J connectivity index is 1.94. The molecule has 2 rings (SSSR count). The van der Waals surface area contributed by atoms with Gasteiger partial charge in [0.25, 0.3) is 0 Å². The van der Waals surface area contributed by atoms with Gasteiger partial charge in [-0.05, 0) is 36.8 Å². The van der Waals surface area contributed by atoms with E-state index >= 15 is 0 Å². The second kappa shape index (κ2) is 7.38. The van der Waals surface area contributed by atoms with Crippen molar-refractivity contribution in [1.82, 2.24) is 4.98 Å². The number of carbonyl (C=O) groups excluding carboxylic acids is 1. The molecular weight excluding hydrogens is 269 g/mol. The fourth-order valence-electron chi connectivity index (χ4n) is 1.82. The smallest absolute Gasteiger partial charge is 0.225 e. The quantitative estimate of drug-likeness (QED) is 0.841. The SMILES string of the molecule is CCCCC(=O)Nc1ccc(Nc2cccc(F)c2)cn1. The Hall–Kier alpha value is -2.43. The van der Waals surface area contributed by atoms with E-state index in [-0.39, 0.29) is 11.7 Å². The number of hydrogen-bond acceptors (Lipinski definition) is 3. The highest BCUT2D eigenvalue weighted by Gasteiger charge is 2.03. The van der Waals surface area contributed by atoms with Crippen LogP contribution >= 0.6 is 0 Å². The summed E-state index contributed by atoms with van der Waals surface area (Å²) in [5.41, 5.74) is 1.38. The molecule has 1 heterocycles. The molecule has 0 bridgehead atoms. The van der Waals surface area contributed by atoms with Crippen LogP contribution in [-0.4, -0.2) is 10.9 Å². The molecule has 0 fully saturated rings. The second-order valence-electron chi connectivity index (χ2n) is 4.72. The van der Waals surface area contributed by atoms with Gasteiger partial charge in [-0.15, -0.1) is 0 Å². The first-order valence-electron chi connectivity index (χ1n) is 6.96. The zero-order valence-electron chi connectivity index (χ0n) is 11.9. The van der Waals surface area contributed by atoms with E-state index in [1.807, 2.05) is 6.92 Å². The molecule has 0 aliphatic rings. The molecule has 0 saturated carbocycles. The standard InChI is InChI=1S/C16H18FN3O/c1-2-3-7-16(21)20-15-9-8-14(11-18-15)19-13-6-4-5-12(17)10-13/h4-6,8-11,19H,2-3,7H2,1H3,(H,18,20,21). The zero-order chi connectivity index (χ0) is 15.1. The van der Waals surface area contributed by atoms with Crippen molar-refractivity contribution in [2.75, 3.05) is 10.6 Å². The van der Waals surface area contributed by atoms with E-state index in [1.165, 1.54) is 12.1 Å². The molecule has 0 saturated heterocycles. The number of nitrogens with zero attached hydrogens (tertiary/aromatic N) is 1. The highest BCUT2D eigenvalue weighted by atomic mass is 19.1. The summed E-state index contributed by atoms with van der Waals surface area (Å²) < 4.78 is 13.1. The van der Waals surface area contributed by atoms with Crippen LogP contribution in [0.15, 0.2) is 42.6 Å². The monoisotopic (exact) mass is 287 g/mol. The van der Waals surface area contributed by atoms with Gasteiger partial charge in [-0.25, -0.2) is 9.37 Å². The summed E-state index contributed by atoms with van der Waals surface area (Å²) in [6.45, 7) is 2.04. The van der Waals surface area contributed by atoms with Crippen molar-refractivity contribution in [2.45, 2.75) is 26.2 Å². The number of rotatable bonds is 6. The maximum absolute atomic E-state index is 13.1. The van der Waals surface area contributed by atoms with Gasteiger partial charge in [-0.2, -0.15) is 0 Å². The summed E-state index contributed by atoms with van der Waals surface area (Å²) in [5, 5.41) is 5.78. The first-order chi connectivity index (χ1) is 10.2. The molecule has 0 unspecified atom stereocenters. The van der Waals surface area contributed by atoms with E-state index in [4.69, 9.17) is 0 Å². The largest absolute Gasteiger partial charge is 0.354 e. The summed E-state index contributed by atoms with van der Waals surface area (Å²) in [6, 6.07) is 9.69. The number of benzene rings is 1. The van der Waals surface area contributed by atoms with E-state index in [2.05, 4.69) is 15.6 Å². The van der Waals surface area contributed by atoms with Crippen molar-refractivity contribution in [1.29, 1.82) is 0 Å². The summed E-state index contributed by atoms with van der Waals surface area (Å²) in [7, 11) is 0. The molecule has 1 amide bonds. The first-order valence-corrected chi connectivity index (χ1v) is 6.96. The van der Waals surface area contributed by atoms with Crippen LogP contribution in [0.2, 0.25) is 0 Å². The summed E-state index contributed by atoms with van der Waals surface area (Å²) in [5.74, 6) is 0.184. The lowest BCUT2D eigenvalue weighted by Crippen LogP contribution is -2.12. The van der Waals surface area contributed by atoms with Crippen LogP contribution in [0.4, 0.5) is 21.6 Å². The molecule has 2 aromatic rings. The van der Waals surface area contributed by atoms with Gasteiger partial charge in [0.15, 0.2) is 0 Å². The molecular formula is C16H18FN3O. The number of halogens is 1. The Morgan fingerprint density at radius 1 is 1.24 bits per heavy atom. The molecule has 21 heavy (non-hydrogen) atoms. The second-order valence-corrected chi connectivity index (χ2v) is 4.72. The van der Waals surface area contributed by atoms with Gasteiger partial charge < -0.3 is 10.6 Å². The number of nitrogens with one attached hydrogen (secondary N) is 2. The van der Waals surface area contributed by atoms with Gasteiger partial charge in [0, 0.05) is 12.1 Å². The fraction of sp³-hybridized carbons (Fsp3) is 0.250. The van der Waals surface area contributed by atoms with Crippen LogP contribution in [0.25, 0.3) is 0 Å². The molecule has 2 N–H and O–H groups in total. The third-order valence-corrected chi connectivity index (χ3v) is 2.90. The van der Waals surface area contributed by atoms with Gasteiger partial charge in [-0.1, -0.05) is 19.4 Å². The average molecular weight is 287 g/mol. The lowest BCUT2D eigenvalue weighted by atomic mass is 10.2. The highest BCUT2D eigenvalue weighted by molar-refractivity contribution is 5.89. The van der Waals surface area contributed by atoms with E-state index in [0.29, 0.717) is 17.9 Å². The van der Waals surface area contributed by atoms with Crippen molar-refractivity contribution in [3.8, 4) is 0 Å². The molecule has 5 heteroatoms. The summed E-state index contributed by atoms with van der Waals surface area (Å²) in [4.78, 5) is 15.7. The van der Waals surface area contributed by atoms with E-state index in [0.717, 1.165) is 18.5 Å². The van der Waals surface area contributed by atoms with Crippen molar-refractivity contribution < 1.29 is 9.18 Å². The first kappa shape index (κ1) is 15.0. The van der Waals surface area contributed by atoms with Crippen LogP contribution in [0.3, 0.4) is 0 Å². The molecule has 0 aliphatic carbocycles. The van der Waals surface area contributed by atoms with Crippen molar-refractivity contribution in [3.63, 3.8) is 0 Å². The van der Waals surface area contributed by atoms with Crippen molar-refractivity contribution in [3.05, 3.63) is 48.4 Å². The predicted molar refractivity (Wildman–Crippen MR) is 82.1 cm³/mol. The van der Waals surface area contributed by atoms with Crippen LogP contribution in [-0.2, 0) is 4.79 Å². The number of carbonyl (C=O) groups is 1. The van der Waals surface area contributed by atoms with Crippen LogP contribution in [0, 0.1) is 5.82 Å². The number of hydrogen-bond donors (Lipinski definition) is 2. The maximum Gasteiger partial charge on any atom is 0.225 e. The third kappa shape index (κ3) is 4.87. The van der Waals surface area contributed by atoms with E-state index < -0.39 is 0 Å². The highest BCUT2D eigenvalue weighted by Crippen LogP contribution is 2.17. The van der Waals surface area contributed by atoms with Crippen LogP contribution in [0.5, 0.6) is 0 Å². The predicted octanol–water partition coefficient (Wildman–Crippen LogP) is 4.09. The lowest BCUT2D eigenvalue weighted by molar-refractivity contribution is -0.116. The Bertz CT molecular complexity index is 599. The van der Waals surface area contributed by atoms with Gasteiger partial charge >= 0.3 is 0 Å². The number of amides is 1. The molecule has 1 aromatic carbocycles. The molecule has 0 aliphatic heterocycles. The Morgan fingerprint density at radius 3 is 2.76 bits per heavy atom. The van der Waals surface area contributed by atoms with E-state index in [1.54, 1.807) is 30.5 Å². The number of unbranched alkanes of at least 4 members (excludes halogenated alkanes) is 1. The maximum atomic E-state index is 13.1. The minimum Gasteiger partial charge on any atom is -0.354 e. The fourth-order valence-corrected chi connectivity index (χ4v) is 1.82. The van der Waals surface area contributed by atoms with E-state index in [9.17, 15) is 9.18 Å². The van der Waals surface area contributed by atoms with Crippen molar-refractivity contribution >= 4 is 23.1 Å². The number of pyridine rings is 1. The molecule has 4 nitrogen and oxygen atoms in total. The van der Waals surface area contributed by atoms with Gasteiger partial charge in [0.1, 0.15) is 11.6 Å². The Kier molecular flexibility index (Phi) is 5.26. The van der Waals surface area contributed by atoms with Crippen LogP contribution < -0.4 is 10.6 Å². The number of aromatic nitrogens is 1. The molecule has 0 atom stereocenters. The van der Waals surface area contributed by atoms with Gasteiger partial charge in [0.2, 0.25) is 5.91 Å². The van der Waals surface area contributed by atoms with Gasteiger partial charge in [0.05, 0.1) is 11.9 Å². The molecule has 0 spiro atoms. The number of anilines is 3. The van der Waals surface area contributed by atoms with Gasteiger partial charge in [-0.3, -0.25) is 4.79 Å². The minimum absolute atomic E-state index is 0.0322. The molecule has 0 radical (unpaired) electrons. The minimum atomic E-state index is -0.298.